The SMILES string of the molecule is Cc1nc(CN(c2ccccc2)c2ccc3nccnc3n2)no1. The molecule has 24 heavy (non-hydrogen) atoms. The minimum absolute atomic E-state index is 0.445. The molecule has 0 atom stereocenters. The van der Waals surface area contributed by atoms with Crippen LogP contribution in [-0.4, -0.2) is 25.1 Å². The molecule has 0 fully saturated rings. The van der Waals surface area contributed by atoms with Crippen molar-refractivity contribution in [3.63, 3.8) is 0 Å². The second-order valence-electron chi connectivity index (χ2n) is 5.22. The van der Waals surface area contributed by atoms with Gasteiger partial charge in [0.05, 0.1) is 6.54 Å². The quantitative estimate of drug-likeness (QED) is 0.572. The highest BCUT2D eigenvalue weighted by Gasteiger charge is 2.15. The number of benzene rings is 1. The lowest BCUT2D eigenvalue weighted by atomic mass is 10.2. The summed E-state index contributed by atoms with van der Waals surface area (Å²) in [5.41, 5.74) is 2.33. The molecule has 0 bridgehead atoms. The maximum absolute atomic E-state index is 5.08. The monoisotopic (exact) mass is 318 g/mol. The first-order valence-corrected chi connectivity index (χ1v) is 7.49. The average Bonchev–Trinajstić information content (AvgIpc) is 3.05. The largest absolute Gasteiger partial charge is 0.340 e. The fraction of sp³-hybridized carbons (Fsp3) is 0.118. The Labute approximate surface area is 138 Å². The maximum Gasteiger partial charge on any atom is 0.223 e. The normalized spacial score (nSPS) is 10.9. The number of para-hydroxylation sites is 1. The first-order valence-electron chi connectivity index (χ1n) is 7.49. The van der Waals surface area contributed by atoms with Crippen LogP contribution in [0.4, 0.5) is 11.5 Å². The Morgan fingerprint density at radius 3 is 2.58 bits per heavy atom. The van der Waals surface area contributed by atoms with E-state index in [1.54, 1.807) is 19.3 Å². The van der Waals surface area contributed by atoms with Gasteiger partial charge in [0, 0.05) is 25.0 Å². The van der Waals surface area contributed by atoms with Gasteiger partial charge in [0.2, 0.25) is 5.89 Å². The summed E-state index contributed by atoms with van der Waals surface area (Å²) >= 11 is 0. The summed E-state index contributed by atoms with van der Waals surface area (Å²) in [6.45, 7) is 2.22. The molecule has 4 rings (SSSR count). The summed E-state index contributed by atoms with van der Waals surface area (Å²) < 4.78 is 5.08. The van der Waals surface area contributed by atoms with Crippen molar-refractivity contribution in [2.24, 2.45) is 0 Å². The first-order chi connectivity index (χ1) is 11.8. The molecule has 0 N–H and O–H groups in total. The molecule has 7 nitrogen and oxygen atoms in total. The van der Waals surface area contributed by atoms with Gasteiger partial charge in [-0.15, -0.1) is 0 Å². The fourth-order valence-electron chi connectivity index (χ4n) is 2.45. The summed E-state index contributed by atoms with van der Waals surface area (Å²) in [6, 6.07) is 13.8. The number of anilines is 2. The lowest BCUT2D eigenvalue weighted by Crippen LogP contribution is -2.18. The summed E-state index contributed by atoms with van der Waals surface area (Å²) in [5.74, 6) is 1.88. The van der Waals surface area contributed by atoms with Crippen molar-refractivity contribution in [1.82, 2.24) is 25.1 Å². The van der Waals surface area contributed by atoms with E-state index in [9.17, 15) is 0 Å². The molecule has 3 aromatic heterocycles. The number of aryl methyl sites for hydroxylation is 1. The van der Waals surface area contributed by atoms with E-state index < -0.39 is 0 Å². The third-order valence-corrected chi connectivity index (χ3v) is 3.53. The Morgan fingerprint density at radius 1 is 0.958 bits per heavy atom. The van der Waals surface area contributed by atoms with Crippen LogP contribution < -0.4 is 4.90 Å². The van der Waals surface area contributed by atoms with Gasteiger partial charge in [-0.1, -0.05) is 23.4 Å². The molecule has 1 aromatic carbocycles. The lowest BCUT2D eigenvalue weighted by molar-refractivity contribution is 0.387. The van der Waals surface area contributed by atoms with Crippen molar-refractivity contribution in [2.45, 2.75) is 13.5 Å². The van der Waals surface area contributed by atoms with Crippen LogP contribution in [-0.2, 0) is 6.54 Å². The van der Waals surface area contributed by atoms with Crippen molar-refractivity contribution in [2.75, 3.05) is 4.90 Å². The van der Waals surface area contributed by atoms with Crippen LogP contribution >= 0.6 is 0 Å². The van der Waals surface area contributed by atoms with Crippen LogP contribution in [0.3, 0.4) is 0 Å². The van der Waals surface area contributed by atoms with E-state index >= 15 is 0 Å². The predicted octanol–water partition coefficient (Wildman–Crippen LogP) is 3.05. The van der Waals surface area contributed by atoms with E-state index in [2.05, 4.69) is 25.1 Å². The smallest absolute Gasteiger partial charge is 0.223 e. The molecule has 7 heteroatoms. The highest BCUT2D eigenvalue weighted by molar-refractivity contribution is 5.73. The van der Waals surface area contributed by atoms with Crippen LogP contribution in [0.15, 0.2) is 59.4 Å². The van der Waals surface area contributed by atoms with Crippen molar-refractivity contribution < 1.29 is 4.52 Å². The average molecular weight is 318 g/mol. The summed E-state index contributed by atoms with van der Waals surface area (Å²) in [4.78, 5) is 19.5. The number of aromatic nitrogens is 5. The molecule has 3 heterocycles. The lowest BCUT2D eigenvalue weighted by Gasteiger charge is -2.22. The van der Waals surface area contributed by atoms with Gasteiger partial charge in [-0.2, -0.15) is 4.98 Å². The summed E-state index contributed by atoms with van der Waals surface area (Å²) in [7, 11) is 0. The third-order valence-electron chi connectivity index (χ3n) is 3.53. The Hall–Kier alpha value is -3.35. The highest BCUT2D eigenvalue weighted by Crippen LogP contribution is 2.26. The van der Waals surface area contributed by atoms with E-state index in [-0.39, 0.29) is 0 Å². The number of pyridine rings is 1. The minimum Gasteiger partial charge on any atom is -0.340 e. The first kappa shape index (κ1) is 14.3. The Balaban J connectivity index is 1.78. The Morgan fingerprint density at radius 2 is 1.79 bits per heavy atom. The Kier molecular flexibility index (Phi) is 3.59. The second kappa shape index (κ2) is 6.04. The van der Waals surface area contributed by atoms with Crippen molar-refractivity contribution in [3.8, 4) is 0 Å². The molecule has 0 radical (unpaired) electrons. The number of hydrogen-bond donors (Lipinski definition) is 0. The molecule has 0 unspecified atom stereocenters. The maximum atomic E-state index is 5.08. The standard InChI is InChI=1S/C17H14N6O/c1-12-20-15(22-24-12)11-23(13-5-3-2-4-6-13)16-8-7-14-17(21-16)19-10-9-18-14/h2-10H,11H2,1H3. The number of fused-ring (bicyclic) bond motifs is 1. The van der Waals surface area contributed by atoms with Crippen molar-refractivity contribution in [1.29, 1.82) is 0 Å². The van der Waals surface area contributed by atoms with Crippen molar-refractivity contribution >= 4 is 22.7 Å². The van der Waals surface area contributed by atoms with Crippen LogP contribution in [0.25, 0.3) is 11.2 Å². The van der Waals surface area contributed by atoms with Gasteiger partial charge in [-0.25, -0.2) is 9.97 Å². The van der Waals surface area contributed by atoms with Crippen LogP contribution in [0, 0.1) is 6.92 Å². The zero-order chi connectivity index (χ0) is 16.4. The van der Waals surface area contributed by atoms with E-state index in [0.717, 1.165) is 17.0 Å². The molecule has 4 aromatic rings. The molecule has 0 aliphatic carbocycles. The van der Waals surface area contributed by atoms with E-state index in [1.807, 2.05) is 47.4 Å². The molecular formula is C17H14N6O. The third kappa shape index (κ3) is 2.79. The van der Waals surface area contributed by atoms with E-state index in [0.29, 0.717) is 23.9 Å². The number of hydrogen-bond acceptors (Lipinski definition) is 7. The zero-order valence-corrected chi connectivity index (χ0v) is 13.0. The molecule has 0 aliphatic heterocycles. The zero-order valence-electron chi connectivity index (χ0n) is 13.0. The van der Waals surface area contributed by atoms with Gasteiger partial charge >= 0.3 is 0 Å². The van der Waals surface area contributed by atoms with Gasteiger partial charge in [0.25, 0.3) is 0 Å². The fourth-order valence-corrected chi connectivity index (χ4v) is 2.45. The molecular weight excluding hydrogens is 304 g/mol. The van der Waals surface area contributed by atoms with Gasteiger partial charge in [0.1, 0.15) is 11.3 Å². The molecule has 118 valence electrons. The second-order valence-corrected chi connectivity index (χ2v) is 5.22. The molecule has 0 spiro atoms. The van der Waals surface area contributed by atoms with Crippen molar-refractivity contribution in [3.05, 3.63) is 66.6 Å². The van der Waals surface area contributed by atoms with Crippen LogP contribution in [0.5, 0.6) is 0 Å². The van der Waals surface area contributed by atoms with Gasteiger partial charge in [-0.05, 0) is 24.3 Å². The van der Waals surface area contributed by atoms with Gasteiger partial charge in [0.15, 0.2) is 11.5 Å². The Bertz CT molecular complexity index is 969. The highest BCUT2D eigenvalue weighted by atomic mass is 16.5. The summed E-state index contributed by atoms with van der Waals surface area (Å²) in [6.07, 6.45) is 3.29. The molecule has 0 saturated carbocycles. The summed E-state index contributed by atoms with van der Waals surface area (Å²) in [5, 5.41) is 3.99. The molecule has 0 saturated heterocycles. The minimum atomic E-state index is 0.445. The topological polar surface area (TPSA) is 80.8 Å². The molecule has 0 amide bonds. The van der Waals surface area contributed by atoms with Crippen LogP contribution in [0.2, 0.25) is 0 Å². The van der Waals surface area contributed by atoms with E-state index in [1.165, 1.54) is 0 Å². The molecule has 0 aliphatic rings. The van der Waals surface area contributed by atoms with Crippen LogP contribution in [0.1, 0.15) is 11.7 Å². The van der Waals surface area contributed by atoms with Gasteiger partial charge < -0.3 is 9.42 Å². The number of nitrogens with zero attached hydrogens (tertiary/aromatic N) is 6. The van der Waals surface area contributed by atoms with E-state index in [4.69, 9.17) is 4.52 Å². The van der Waals surface area contributed by atoms with Gasteiger partial charge in [-0.3, -0.25) is 4.98 Å². The number of rotatable bonds is 4. The predicted molar refractivity (Wildman–Crippen MR) is 88.7 cm³/mol.